The Morgan fingerprint density at radius 3 is 2.06 bits per heavy atom. The topological polar surface area (TPSA) is 58.4 Å². The molecule has 96 valence electrons. The molecule has 4 heteroatoms. The number of rotatable bonds is 9. The molecule has 0 aromatic heterocycles. The average molecular weight is 229 g/mol. The molecule has 4 nitrogen and oxygen atoms in total. The van der Waals surface area contributed by atoms with Gasteiger partial charge in [0, 0.05) is 13.1 Å². The number of nitrogens with one attached hydrogen (secondary N) is 1. The number of primary amides is 1. The van der Waals surface area contributed by atoms with Gasteiger partial charge in [-0.05, 0) is 26.9 Å². The number of amides is 1. The summed E-state index contributed by atoms with van der Waals surface area (Å²) in [5.74, 6) is -0.213. The largest absolute Gasteiger partial charge is 0.368 e. The van der Waals surface area contributed by atoms with E-state index in [1.54, 1.807) is 0 Å². The molecule has 0 aliphatic carbocycles. The first kappa shape index (κ1) is 15.4. The van der Waals surface area contributed by atoms with E-state index in [4.69, 9.17) is 5.73 Å². The molecule has 0 aliphatic heterocycles. The summed E-state index contributed by atoms with van der Waals surface area (Å²) in [4.78, 5) is 13.7. The molecular formula is C12H27N3O. The molecule has 0 spiro atoms. The summed E-state index contributed by atoms with van der Waals surface area (Å²) in [6.45, 7) is 5.89. The predicted octanol–water partition coefficient (Wildman–Crippen LogP) is 0.962. The lowest BCUT2D eigenvalue weighted by Gasteiger charge is -2.32. The highest BCUT2D eigenvalue weighted by molar-refractivity contribution is 5.84. The third-order valence-electron chi connectivity index (χ3n) is 2.85. The first-order valence-electron chi connectivity index (χ1n) is 6.18. The lowest BCUT2D eigenvalue weighted by atomic mass is 9.88. The van der Waals surface area contributed by atoms with Crippen LogP contribution in [0.5, 0.6) is 0 Å². The highest BCUT2D eigenvalue weighted by Gasteiger charge is 2.33. The number of nitrogens with two attached hydrogens (primary N) is 1. The van der Waals surface area contributed by atoms with E-state index in [9.17, 15) is 4.79 Å². The van der Waals surface area contributed by atoms with Crippen LogP contribution < -0.4 is 11.1 Å². The van der Waals surface area contributed by atoms with Gasteiger partial charge in [-0.15, -0.1) is 0 Å². The first-order chi connectivity index (χ1) is 7.48. The van der Waals surface area contributed by atoms with Crippen LogP contribution in [-0.2, 0) is 4.79 Å². The van der Waals surface area contributed by atoms with Crippen LogP contribution in [0.4, 0.5) is 0 Å². The fourth-order valence-electron chi connectivity index (χ4n) is 2.01. The molecule has 0 fully saturated rings. The maximum atomic E-state index is 11.6. The lowest BCUT2D eigenvalue weighted by molar-refractivity contribution is -0.125. The van der Waals surface area contributed by atoms with Crippen LogP contribution in [0.2, 0.25) is 0 Å². The Bertz CT molecular complexity index is 198. The second-order valence-corrected chi connectivity index (χ2v) is 4.68. The van der Waals surface area contributed by atoms with Gasteiger partial charge in [0.15, 0.2) is 0 Å². The number of likely N-dealkylation sites (N-methyl/N-ethyl adjacent to an activating group) is 1. The van der Waals surface area contributed by atoms with Gasteiger partial charge in [-0.25, -0.2) is 0 Å². The van der Waals surface area contributed by atoms with E-state index in [1.165, 1.54) is 0 Å². The van der Waals surface area contributed by atoms with Crippen molar-refractivity contribution in [3.63, 3.8) is 0 Å². The zero-order valence-corrected chi connectivity index (χ0v) is 11.2. The quantitative estimate of drug-likeness (QED) is 0.619. The predicted molar refractivity (Wildman–Crippen MR) is 68.3 cm³/mol. The summed E-state index contributed by atoms with van der Waals surface area (Å²) in [5.41, 5.74) is 5.05. The molecule has 0 aromatic rings. The second-order valence-electron chi connectivity index (χ2n) is 4.68. The van der Waals surface area contributed by atoms with Gasteiger partial charge in [0.25, 0.3) is 0 Å². The summed E-state index contributed by atoms with van der Waals surface area (Å²) >= 11 is 0. The summed E-state index contributed by atoms with van der Waals surface area (Å²) in [6.07, 6.45) is 3.59. The molecule has 0 rings (SSSR count). The van der Waals surface area contributed by atoms with Crippen LogP contribution in [0.3, 0.4) is 0 Å². The lowest BCUT2D eigenvalue weighted by Crippen LogP contribution is -2.56. The SMILES string of the molecule is CCCC(CCC)(NCCN(C)C)C(N)=O. The number of hydrogen-bond acceptors (Lipinski definition) is 3. The van der Waals surface area contributed by atoms with E-state index >= 15 is 0 Å². The Labute approximate surface area is 99.6 Å². The van der Waals surface area contributed by atoms with Crippen LogP contribution in [0.1, 0.15) is 39.5 Å². The Morgan fingerprint density at radius 2 is 1.75 bits per heavy atom. The molecule has 0 unspecified atom stereocenters. The number of nitrogens with zero attached hydrogens (tertiary/aromatic N) is 1. The summed E-state index contributed by atoms with van der Waals surface area (Å²) in [5, 5.41) is 3.35. The van der Waals surface area contributed by atoms with E-state index in [-0.39, 0.29) is 5.91 Å². The smallest absolute Gasteiger partial charge is 0.237 e. The fraction of sp³-hybridized carbons (Fsp3) is 0.917. The Kier molecular flexibility index (Phi) is 7.34. The Hall–Kier alpha value is -0.610. The van der Waals surface area contributed by atoms with Crippen molar-refractivity contribution in [2.45, 2.75) is 45.1 Å². The van der Waals surface area contributed by atoms with E-state index in [1.807, 2.05) is 14.1 Å². The fourth-order valence-corrected chi connectivity index (χ4v) is 2.01. The van der Waals surface area contributed by atoms with Crippen molar-refractivity contribution in [1.82, 2.24) is 10.2 Å². The molecule has 0 aromatic carbocycles. The summed E-state index contributed by atoms with van der Waals surface area (Å²) in [6, 6.07) is 0. The number of carbonyl (C=O) groups excluding carboxylic acids is 1. The van der Waals surface area contributed by atoms with Crippen molar-refractivity contribution >= 4 is 5.91 Å². The van der Waals surface area contributed by atoms with Crippen LogP contribution >= 0.6 is 0 Å². The Morgan fingerprint density at radius 1 is 1.25 bits per heavy atom. The maximum Gasteiger partial charge on any atom is 0.237 e. The van der Waals surface area contributed by atoms with Crippen LogP contribution in [0.25, 0.3) is 0 Å². The molecule has 0 radical (unpaired) electrons. The summed E-state index contributed by atoms with van der Waals surface area (Å²) < 4.78 is 0. The van der Waals surface area contributed by atoms with Crippen molar-refractivity contribution in [2.24, 2.45) is 5.73 Å². The molecule has 16 heavy (non-hydrogen) atoms. The normalized spacial score (nSPS) is 12.1. The highest BCUT2D eigenvalue weighted by Crippen LogP contribution is 2.19. The van der Waals surface area contributed by atoms with Crippen molar-refractivity contribution in [2.75, 3.05) is 27.2 Å². The standard InChI is InChI=1S/C12H27N3O/c1-5-7-12(8-6-2,11(13)16)14-9-10-15(3)4/h14H,5-10H2,1-4H3,(H2,13,16). The second kappa shape index (κ2) is 7.63. The van der Waals surface area contributed by atoms with E-state index < -0.39 is 5.54 Å². The minimum absolute atomic E-state index is 0.213. The molecular weight excluding hydrogens is 202 g/mol. The minimum atomic E-state index is -0.500. The molecule has 0 saturated carbocycles. The molecule has 0 atom stereocenters. The van der Waals surface area contributed by atoms with Gasteiger partial charge in [-0.3, -0.25) is 4.79 Å². The number of hydrogen-bond donors (Lipinski definition) is 2. The number of carbonyl (C=O) groups is 1. The van der Waals surface area contributed by atoms with Gasteiger partial charge in [0.2, 0.25) is 5.91 Å². The average Bonchev–Trinajstić information content (AvgIpc) is 2.17. The highest BCUT2D eigenvalue weighted by atomic mass is 16.1. The van der Waals surface area contributed by atoms with Gasteiger partial charge in [0.05, 0.1) is 5.54 Å². The van der Waals surface area contributed by atoms with Gasteiger partial charge in [0.1, 0.15) is 0 Å². The zero-order valence-electron chi connectivity index (χ0n) is 11.2. The third-order valence-corrected chi connectivity index (χ3v) is 2.85. The molecule has 0 bridgehead atoms. The van der Waals surface area contributed by atoms with Crippen molar-refractivity contribution in [1.29, 1.82) is 0 Å². The van der Waals surface area contributed by atoms with Crippen molar-refractivity contribution < 1.29 is 4.79 Å². The molecule has 3 N–H and O–H groups in total. The third kappa shape index (κ3) is 4.94. The van der Waals surface area contributed by atoms with Crippen LogP contribution in [0, 0.1) is 0 Å². The summed E-state index contributed by atoms with van der Waals surface area (Å²) in [7, 11) is 4.04. The van der Waals surface area contributed by atoms with E-state index in [0.717, 1.165) is 38.8 Å². The van der Waals surface area contributed by atoms with E-state index in [0.29, 0.717) is 0 Å². The van der Waals surface area contributed by atoms with Gasteiger partial charge >= 0.3 is 0 Å². The molecule has 0 heterocycles. The van der Waals surface area contributed by atoms with Gasteiger partial charge in [-0.2, -0.15) is 0 Å². The maximum absolute atomic E-state index is 11.6. The van der Waals surface area contributed by atoms with Gasteiger partial charge in [-0.1, -0.05) is 26.7 Å². The minimum Gasteiger partial charge on any atom is -0.368 e. The monoisotopic (exact) mass is 229 g/mol. The molecule has 1 amide bonds. The van der Waals surface area contributed by atoms with Crippen LogP contribution in [0.15, 0.2) is 0 Å². The molecule has 0 aliphatic rings. The van der Waals surface area contributed by atoms with Crippen LogP contribution in [-0.4, -0.2) is 43.5 Å². The Balaban J connectivity index is 4.42. The van der Waals surface area contributed by atoms with E-state index in [2.05, 4.69) is 24.1 Å². The van der Waals surface area contributed by atoms with Gasteiger partial charge < -0.3 is 16.0 Å². The molecule has 0 saturated heterocycles. The van der Waals surface area contributed by atoms with Crippen molar-refractivity contribution in [3.05, 3.63) is 0 Å². The first-order valence-corrected chi connectivity index (χ1v) is 6.18. The zero-order chi connectivity index (χ0) is 12.6. The van der Waals surface area contributed by atoms with Crippen molar-refractivity contribution in [3.8, 4) is 0 Å².